The summed E-state index contributed by atoms with van der Waals surface area (Å²) in [7, 11) is 3.98. The Kier molecular flexibility index (Phi) is 63.2. The van der Waals surface area contributed by atoms with Crippen molar-refractivity contribution in [2.75, 3.05) is 184 Å². The molecule has 11 rings (SSSR count). The molecule has 0 aromatic rings. The lowest BCUT2D eigenvalue weighted by Gasteiger charge is -2.60. The van der Waals surface area contributed by atoms with Crippen molar-refractivity contribution in [2.45, 2.75) is 414 Å². The van der Waals surface area contributed by atoms with E-state index in [9.17, 15) is 22.0 Å². The number of nitrogens with zero attached hydrogens (tertiary/aromatic N) is 11. The first-order chi connectivity index (χ1) is 44.6. The van der Waals surface area contributed by atoms with Crippen LogP contribution in [-0.2, 0) is 9.47 Å². The van der Waals surface area contributed by atoms with Crippen molar-refractivity contribution >= 4 is 0 Å². The maximum atomic E-state index is 12.7. The first kappa shape index (κ1) is 130. The number of alkyl halides is 5. The van der Waals surface area contributed by atoms with Crippen molar-refractivity contribution in [1.82, 2.24) is 59.2 Å². The molecule has 0 radical (unpaired) electrons. The Labute approximate surface area is 691 Å². The second-order valence-electron chi connectivity index (χ2n) is 40.6. The zero-order valence-electron chi connectivity index (χ0n) is 71.1. The van der Waals surface area contributed by atoms with Gasteiger partial charge in [-0.25, -0.2) is 22.0 Å². The van der Waals surface area contributed by atoms with Gasteiger partial charge in [0.15, 0.2) is 0 Å². The number of rotatable bonds is 1. The maximum absolute atomic E-state index is 12.7. The van der Waals surface area contributed by atoms with Gasteiger partial charge in [0.25, 0.3) is 11.8 Å². The highest BCUT2D eigenvalue weighted by molar-refractivity contribution is 5.07. The van der Waals surface area contributed by atoms with Gasteiger partial charge in [-0.15, -0.1) is 0 Å². The lowest BCUT2D eigenvalue weighted by atomic mass is 9.72. The van der Waals surface area contributed by atoms with Gasteiger partial charge in [0.05, 0.1) is 39.0 Å². The first-order valence-corrected chi connectivity index (χ1v) is 39.0. The van der Waals surface area contributed by atoms with E-state index in [1.807, 2.05) is 46.4 Å². The molecule has 0 aromatic heterocycles. The lowest BCUT2D eigenvalue weighted by Crippen LogP contribution is -2.73. The van der Waals surface area contributed by atoms with Crippen LogP contribution in [-0.4, -0.2) is 318 Å². The van der Waals surface area contributed by atoms with Crippen LogP contribution < -0.4 is 5.32 Å². The normalized spacial score (nSPS) is 22.1. The van der Waals surface area contributed by atoms with Gasteiger partial charge in [0.2, 0.25) is 0 Å². The molecular formula is C91H209F5N12O2. The molecule has 11 saturated heterocycles. The summed E-state index contributed by atoms with van der Waals surface area (Å²) in [6.45, 7) is 91.5. The van der Waals surface area contributed by atoms with E-state index in [-0.39, 0.29) is 124 Å². The molecule has 0 unspecified atom stereocenters. The molecule has 0 saturated carbocycles. The molecule has 110 heavy (non-hydrogen) atoms. The van der Waals surface area contributed by atoms with Gasteiger partial charge in [-0.05, 0) is 286 Å². The van der Waals surface area contributed by atoms with Crippen LogP contribution in [0.15, 0.2) is 0 Å². The SMILES string of the molecule is C.C.C.C.C.C.C.C.C.C.C.CC(C)(C)N1CC(F)(F)C1.CC(C)(C)N1CC(F)C1.CC(C)(C)N1CC2(CNC2)C1.CC(C)(C)N1CCC(F)(F)C1.CC(C)(C)N1CCC1.CC(C)(C)N1CCCC1.CC(C)(C)N1CCCCC1.CC(C)(C)N1CCOCC1.CN1CCN(C(C)(C)C)CC1.COC1CN(C(C)(C)C)C1. The Morgan fingerprint density at radius 3 is 0.755 bits per heavy atom. The van der Waals surface area contributed by atoms with Crippen molar-refractivity contribution in [2.24, 2.45) is 5.41 Å². The second-order valence-corrected chi connectivity index (χ2v) is 40.6. The largest absolute Gasteiger partial charge is 0.379 e. The van der Waals surface area contributed by atoms with Crippen LogP contribution in [0.1, 0.15) is 334 Å². The molecule has 1 N–H and O–H groups in total. The number of ether oxygens (including phenoxy) is 2. The Hall–Kier alpha value is -0.910. The highest BCUT2D eigenvalue weighted by Crippen LogP contribution is 2.39. The van der Waals surface area contributed by atoms with E-state index in [1.54, 1.807) is 12.0 Å². The van der Waals surface area contributed by atoms with Gasteiger partial charge in [-0.3, -0.25) is 49.0 Å². The number of methoxy groups -OCH3 is 1. The number of piperazine rings is 1. The van der Waals surface area contributed by atoms with Gasteiger partial charge in [0.1, 0.15) is 6.17 Å². The fourth-order valence-corrected chi connectivity index (χ4v) is 13.0. The highest BCUT2D eigenvalue weighted by atomic mass is 19.3. The predicted octanol–water partition coefficient (Wildman–Crippen LogP) is 21.9. The van der Waals surface area contributed by atoms with Gasteiger partial charge in [0, 0.05) is 173 Å². The standard InChI is InChI=1S/C9H18N2.C9H20N2.C9H19N.C8H15F2N.2C8H17NO.C8H17N.C7H13F2N.C7H14FN.C7H15N.11CH4/c1-8(2,3)11-6-9(7-11)4-10-5-9;1-9(2,3)11-7-5-10(4)6-8-11;1-9(2,3)10-7-5-4-6-8-10;1-7(2,3)11-5-4-8(9,10)6-11;1-8(2,3)9-5-7(6-9)10-4;1-8(2,3)9-4-6-10-7-5-9;1-8(2,3)9-6-4-5-7-9;1-6(2,3)10-4-7(8,9)5-10;1-7(2,3)9-4-6(8)5-9;1-7(2,3)8-5-4-6-8;;;;;;;;;;;/h10H,4-7H2,1-3H3;5-8H2,1-4H3;4-8H2,1-3H3;4-6H2,1-3H3;7H,5-6H2,1-4H3;4-7H2,1-3H3;4-7H2,1-3H3;4-5H2,1-3H3;6H,4-5H2,1-3H3;4-6H2,1-3H3;11*1H4. The highest BCUT2D eigenvalue weighted by Gasteiger charge is 2.51. The Morgan fingerprint density at radius 1 is 0.300 bits per heavy atom. The third-order valence-electron chi connectivity index (χ3n) is 21.4. The molecule has 0 aromatic carbocycles. The molecule has 0 aliphatic carbocycles. The number of likely N-dealkylation sites (N-methyl/N-ethyl adjacent to an activating group) is 1. The summed E-state index contributed by atoms with van der Waals surface area (Å²) in [5.41, 5.74) is 3.30. The topological polar surface area (TPSA) is 66.1 Å². The van der Waals surface area contributed by atoms with E-state index in [4.69, 9.17) is 9.47 Å². The Balaban J connectivity index is -0.000000125. The van der Waals surface area contributed by atoms with E-state index < -0.39 is 18.0 Å². The van der Waals surface area contributed by atoms with Crippen LogP contribution in [0, 0.1) is 5.41 Å². The molecule has 11 fully saturated rings. The fourth-order valence-electron chi connectivity index (χ4n) is 13.0. The Bertz CT molecular complexity index is 2120. The predicted molar refractivity (Wildman–Crippen MR) is 489 cm³/mol. The minimum Gasteiger partial charge on any atom is -0.379 e. The molecule has 11 heterocycles. The number of nitrogens with one attached hydrogen (secondary N) is 1. The average Bonchev–Trinajstić information content (AvgIpc) is 0.933. The van der Waals surface area contributed by atoms with Crippen LogP contribution in [0.25, 0.3) is 0 Å². The summed E-state index contributed by atoms with van der Waals surface area (Å²) in [4.78, 5) is 25.7. The summed E-state index contributed by atoms with van der Waals surface area (Å²) < 4.78 is 72.6. The monoisotopic (exact) mass is 1600 g/mol. The van der Waals surface area contributed by atoms with Crippen molar-refractivity contribution < 1.29 is 31.4 Å². The van der Waals surface area contributed by atoms with Crippen molar-refractivity contribution in [3.8, 4) is 0 Å². The summed E-state index contributed by atoms with van der Waals surface area (Å²) >= 11 is 0. The van der Waals surface area contributed by atoms with Gasteiger partial charge >= 0.3 is 0 Å². The number of hydrogen-bond donors (Lipinski definition) is 1. The van der Waals surface area contributed by atoms with Crippen molar-refractivity contribution in [1.29, 1.82) is 0 Å². The maximum Gasteiger partial charge on any atom is 0.272 e. The van der Waals surface area contributed by atoms with Crippen LogP contribution >= 0.6 is 0 Å². The van der Waals surface area contributed by atoms with Gasteiger partial charge in [-0.2, -0.15) is 0 Å². The van der Waals surface area contributed by atoms with Crippen LogP contribution in [0.5, 0.6) is 0 Å². The van der Waals surface area contributed by atoms with E-state index >= 15 is 0 Å². The summed E-state index contributed by atoms with van der Waals surface area (Å²) in [6.07, 6.45) is 8.38. The lowest BCUT2D eigenvalue weighted by molar-refractivity contribution is -0.160. The molecule has 14 nitrogen and oxygen atoms in total. The summed E-state index contributed by atoms with van der Waals surface area (Å²) in [5.74, 6) is -4.87. The van der Waals surface area contributed by atoms with Crippen LogP contribution in [0.4, 0.5) is 22.0 Å². The number of hydrogen-bond acceptors (Lipinski definition) is 14. The molecule has 11 aliphatic heterocycles. The minimum atomic E-state index is -2.45. The summed E-state index contributed by atoms with van der Waals surface area (Å²) in [6, 6.07) is 0. The molecule has 1 spiro atoms. The molecule has 19 heteroatoms. The zero-order valence-corrected chi connectivity index (χ0v) is 71.1. The number of likely N-dealkylation sites (tertiary alicyclic amines) is 8. The Morgan fingerprint density at radius 2 is 0.564 bits per heavy atom. The first-order valence-electron chi connectivity index (χ1n) is 39.0. The quantitative estimate of drug-likeness (QED) is 0.254. The molecule has 11 aliphatic rings. The molecule has 0 atom stereocenters. The number of piperidine rings is 1. The number of morpholine rings is 1. The van der Waals surface area contributed by atoms with Gasteiger partial charge < -0.3 is 19.7 Å². The minimum absolute atomic E-state index is 0. The van der Waals surface area contributed by atoms with Crippen molar-refractivity contribution in [3.05, 3.63) is 0 Å². The molecular weight excluding hydrogens is 1390 g/mol. The smallest absolute Gasteiger partial charge is 0.272 e. The van der Waals surface area contributed by atoms with E-state index in [2.05, 4.69) is 223 Å². The van der Waals surface area contributed by atoms with Crippen LogP contribution in [0.2, 0.25) is 0 Å². The third-order valence-corrected chi connectivity index (χ3v) is 21.4. The fraction of sp³-hybridized carbons (Fsp3) is 1.00. The second kappa shape index (κ2) is 53.6. The van der Waals surface area contributed by atoms with Gasteiger partial charge in [-0.1, -0.05) is 88.1 Å². The average molecular weight is 1600 g/mol. The zero-order chi connectivity index (χ0) is 76.5. The summed E-state index contributed by atoms with van der Waals surface area (Å²) in [5, 5.41) is 3.35. The van der Waals surface area contributed by atoms with Crippen LogP contribution in [0.3, 0.4) is 0 Å². The van der Waals surface area contributed by atoms with Crippen molar-refractivity contribution in [3.63, 3.8) is 0 Å². The third kappa shape index (κ3) is 50.1. The number of halogens is 5. The van der Waals surface area contributed by atoms with E-state index in [0.717, 1.165) is 39.4 Å². The molecule has 0 amide bonds. The van der Waals surface area contributed by atoms with E-state index in [1.165, 1.54) is 130 Å². The molecule has 0 bridgehead atoms. The van der Waals surface area contributed by atoms with E-state index in [0.29, 0.717) is 69.9 Å². The molecule has 680 valence electrons.